The number of nitrogens with one attached hydrogen (secondary N) is 1. The molecule has 1 aromatic carbocycles. The zero-order chi connectivity index (χ0) is 19.6. The zero-order valence-corrected chi connectivity index (χ0v) is 16.1. The third-order valence-electron chi connectivity index (χ3n) is 4.67. The first-order chi connectivity index (χ1) is 13.0. The van der Waals surface area contributed by atoms with Crippen LogP contribution < -0.4 is 10.2 Å². The molecule has 0 spiro atoms. The number of ether oxygens (including phenoxy) is 1. The minimum absolute atomic E-state index is 0.0817. The molecule has 0 saturated carbocycles. The molecule has 146 valence electrons. The molecule has 0 aliphatic heterocycles. The monoisotopic (exact) mass is 372 g/mol. The number of hydrogen-bond donors (Lipinski definition) is 1. The summed E-state index contributed by atoms with van der Waals surface area (Å²) in [6, 6.07) is 6.65. The van der Waals surface area contributed by atoms with Crippen LogP contribution in [-0.4, -0.2) is 38.0 Å². The van der Waals surface area contributed by atoms with Crippen LogP contribution >= 0.6 is 0 Å². The molecule has 1 N–H and O–H groups in total. The van der Waals surface area contributed by atoms with E-state index in [2.05, 4.69) is 11.4 Å². The molecule has 6 nitrogen and oxygen atoms in total. The molecule has 1 aromatic rings. The van der Waals surface area contributed by atoms with Crippen molar-refractivity contribution in [1.82, 2.24) is 5.32 Å². The fourth-order valence-electron chi connectivity index (χ4n) is 3.18. The molecule has 1 aliphatic carbocycles. The lowest BCUT2D eigenvalue weighted by molar-refractivity contribution is -0.121. The molecule has 27 heavy (non-hydrogen) atoms. The van der Waals surface area contributed by atoms with Crippen molar-refractivity contribution >= 4 is 23.5 Å². The highest BCUT2D eigenvalue weighted by Gasteiger charge is 2.15. The van der Waals surface area contributed by atoms with Gasteiger partial charge < -0.3 is 15.0 Å². The predicted octanol–water partition coefficient (Wildman–Crippen LogP) is 3.22. The zero-order valence-electron chi connectivity index (χ0n) is 16.1. The Morgan fingerprint density at radius 2 is 2.04 bits per heavy atom. The summed E-state index contributed by atoms with van der Waals surface area (Å²) in [5.41, 5.74) is 2.36. The van der Waals surface area contributed by atoms with Crippen LogP contribution in [0.4, 0.5) is 5.69 Å². The minimum atomic E-state index is -0.463. The van der Waals surface area contributed by atoms with E-state index < -0.39 is 5.97 Å². The second-order valence-corrected chi connectivity index (χ2v) is 6.67. The van der Waals surface area contributed by atoms with E-state index in [0.29, 0.717) is 17.8 Å². The van der Waals surface area contributed by atoms with Crippen molar-refractivity contribution in [3.05, 3.63) is 41.5 Å². The quantitative estimate of drug-likeness (QED) is 0.561. The summed E-state index contributed by atoms with van der Waals surface area (Å²) < 4.78 is 4.71. The number of methoxy groups -OCH3 is 1. The van der Waals surface area contributed by atoms with Crippen LogP contribution in [0.5, 0.6) is 0 Å². The van der Waals surface area contributed by atoms with E-state index in [1.807, 2.05) is 0 Å². The van der Waals surface area contributed by atoms with Crippen molar-refractivity contribution in [3.63, 3.8) is 0 Å². The van der Waals surface area contributed by atoms with Crippen LogP contribution in [0.1, 0.15) is 55.8 Å². The number of anilines is 1. The maximum atomic E-state index is 12.1. The lowest BCUT2D eigenvalue weighted by atomic mass is 9.97. The number of amides is 2. The summed E-state index contributed by atoms with van der Waals surface area (Å²) in [4.78, 5) is 37.3. The van der Waals surface area contributed by atoms with Gasteiger partial charge in [0.25, 0.3) is 0 Å². The lowest BCUT2D eigenvalue weighted by Crippen LogP contribution is -2.34. The normalized spacial score (nSPS) is 13.5. The lowest BCUT2D eigenvalue weighted by Gasteiger charge is -2.21. The molecule has 0 atom stereocenters. The molecule has 0 bridgehead atoms. The van der Waals surface area contributed by atoms with E-state index >= 15 is 0 Å². The molecular formula is C21H28N2O4. The summed E-state index contributed by atoms with van der Waals surface area (Å²) in [5, 5.41) is 2.92. The molecule has 0 saturated heterocycles. The predicted molar refractivity (Wildman–Crippen MR) is 105 cm³/mol. The number of allylic oxidation sites excluding steroid dienone is 1. The summed E-state index contributed by atoms with van der Waals surface area (Å²) in [7, 11) is 1.31. The van der Waals surface area contributed by atoms with Crippen molar-refractivity contribution in [3.8, 4) is 0 Å². The third kappa shape index (κ3) is 6.55. The number of rotatable bonds is 8. The summed E-state index contributed by atoms with van der Waals surface area (Å²) >= 11 is 0. The maximum absolute atomic E-state index is 12.1. The van der Waals surface area contributed by atoms with Crippen molar-refractivity contribution in [2.75, 3.05) is 25.1 Å². The third-order valence-corrected chi connectivity index (χ3v) is 4.67. The Balaban J connectivity index is 1.87. The van der Waals surface area contributed by atoms with Gasteiger partial charge in [-0.1, -0.05) is 17.7 Å². The van der Waals surface area contributed by atoms with Crippen LogP contribution in [0.15, 0.2) is 35.9 Å². The largest absolute Gasteiger partial charge is 0.465 e. The average molecular weight is 372 g/mol. The van der Waals surface area contributed by atoms with E-state index in [9.17, 15) is 14.4 Å². The highest BCUT2D eigenvalue weighted by atomic mass is 16.5. The Morgan fingerprint density at radius 1 is 1.22 bits per heavy atom. The van der Waals surface area contributed by atoms with Crippen molar-refractivity contribution < 1.29 is 19.1 Å². The molecule has 0 heterocycles. The van der Waals surface area contributed by atoms with Gasteiger partial charge in [0.05, 0.1) is 12.7 Å². The van der Waals surface area contributed by atoms with E-state index in [1.165, 1.54) is 37.3 Å². The fourth-order valence-corrected chi connectivity index (χ4v) is 3.18. The molecule has 0 aromatic heterocycles. The maximum Gasteiger partial charge on any atom is 0.337 e. The molecule has 0 radical (unpaired) electrons. The Bertz CT molecular complexity index is 712. The smallest absolute Gasteiger partial charge is 0.337 e. The first-order valence-corrected chi connectivity index (χ1v) is 9.42. The standard InChI is InChI=1S/C21H28N2O4/c1-16(24)23(19-10-6-9-18(15-19)21(26)27-2)14-12-20(25)22-13-11-17-7-4-3-5-8-17/h6-7,9-10,15H,3-5,8,11-14H2,1-2H3,(H,22,25). The van der Waals surface area contributed by atoms with E-state index in [1.54, 1.807) is 24.3 Å². The van der Waals surface area contributed by atoms with Gasteiger partial charge in [0, 0.05) is 32.1 Å². The number of carbonyl (C=O) groups excluding carboxylic acids is 3. The number of nitrogens with zero attached hydrogens (tertiary/aromatic N) is 1. The van der Waals surface area contributed by atoms with Crippen LogP contribution in [0, 0.1) is 0 Å². The highest BCUT2D eigenvalue weighted by Crippen LogP contribution is 2.20. The van der Waals surface area contributed by atoms with Crippen molar-refractivity contribution in [2.24, 2.45) is 0 Å². The topological polar surface area (TPSA) is 75.7 Å². The molecule has 2 rings (SSSR count). The Kier molecular flexibility index (Phi) is 8.04. The van der Waals surface area contributed by atoms with Gasteiger partial charge in [-0.3, -0.25) is 9.59 Å². The van der Waals surface area contributed by atoms with Gasteiger partial charge >= 0.3 is 5.97 Å². The molecule has 0 unspecified atom stereocenters. The number of hydrogen-bond acceptors (Lipinski definition) is 4. The van der Waals surface area contributed by atoms with Crippen molar-refractivity contribution in [1.29, 1.82) is 0 Å². The van der Waals surface area contributed by atoms with E-state index in [-0.39, 0.29) is 24.8 Å². The molecule has 2 amide bonds. The van der Waals surface area contributed by atoms with Crippen LogP contribution in [-0.2, 0) is 14.3 Å². The summed E-state index contributed by atoms with van der Waals surface area (Å²) in [6.07, 6.45) is 8.14. The van der Waals surface area contributed by atoms with Gasteiger partial charge in [-0.15, -0.1) is 0 Å². The Morgan fingerprint density at radius 3 is 2.70 bits per heavy atom. The average Bonchev–Trinajstić information content (AvgIpc) is 2.68. The number of benzene rings is 1. The second-order valence-electron chi connectivity index (χ2n) is 6.67. The highest BCUT2D eigenvalue weighted by molar-refractivity contribution is 5.95. The molecule has 0 fully saturated rings. The minimum Gasteiger partial charge on any atom is -0.465 e. The SMILES string of the molecule is COC(=O)c1cccc(N(CCC(=O)NCCC2=CCCCC2)C(C)=O)c1. The van der Waals surface area contributed by atoms with Gasteiger partial charge in [0.1, 0.15) is 0 Å². The first kappa shape index (κ1) is 20.7. The van der Waals surface area contributed by atoms with Gasteiger partial charge in [-0.05, 0) is 50.3 Å². The Labute approximate surface area is 160 Å². The fraction of sp³-hybridized carbons (Fsp3) is 0.476. The molecule has 6 heteroatoms. The van der Waals surface area contributed by atoms with Gasteiger partial charge in [-0.2, -0.15) is 0 Å². The van der Waals surface area contributed by atoms with Crippen LogP contribution in [0.2, 0.25) is 0 Å². The van der Waals surface area contributed by atoms with E-state index in [4.69, 9.17) is 4.74 Å². The summed E-state index contributed by atoms with van der Waals surface area (Å²) in [6.45, 7) is 2.33. The Hall–Kier alpha value is -2.63. The molecule has 1 aliphatic rings. The molecular weight excluding hydrogens is 344 g/mol. The van der Waals surface area contributed by atoms with Gasteiger partial charge in [-0.25, -0.2) is 4.79 Å². The van der Waals surface area contributed by atoms with Crippen LogP contribution in [0.25, 0.3) is 0 Å². The second kappa shape index (κ2) is 10.5. The number of carbonyl (C=O) groups is 3. The first-order valence-electron chi connectivity index (χ1n) is 9.42. The van der Waals surface area contributed by atoms with Crippen LogP contribution in [0.3, 0.4) is 0 Å². The van der Waals surface area contributed by atoms with Gasteiger partial charge in [0.2, 0.25) is 11.8 Å². The van der Waals surface area contributed by atoms with E-state index in [0.717, 1.165) is 19.3 Å². The summed E-state index contributed by atoms with van der Waals surface area (Å²) in [5.74, 6) is -0.728. The van der Waals surface area contributed by atoms with Gasteiger partial charge in [0.15, 0.2) is 0 Å². The van der Waals surface area contributed by atoms with Crippen molar-refractivity contribution in [2.45, 2.75) is 45.4 Å². The number of esters is 1.